The van der Waals surface area contributed by atoms with Gasteiger partial charge in [-0.1, -0.05) is 36.4 Å². The van der Waals surface area contributed by atoms with Crippen LogP contribution in [0.1, 0.15) is 38.2 Å². The van der Waals surface area contributed by atoms with E-state index in [1.54, 1.807) is 0 Å². The lowest BCUT2D eigenvalue weighted by molar-refractivity contribution is -0.113. The second-order valence-electron chi connectivity index (χ2n) is 8.45. The molecule has 0 aliphatic carbocycles. The average molecular weight is 464 g/mol. The Morgan fingerprint density at radius 3 is 2.84 bits per heavy atom. The predicted octanol–water partition coefficient (Wildman–Crippen LogP) is 4.39. The van der Waals surface area contributed by atoms with Crippen LogP contribution in [0.15, 0.2) is 23.4 Å². The van der Waals surface area contributed by atoms with Crippen LogP contribution in [-0.4, -0.2) is 52.2 Å². The van der Waals surface area contributed by atoms with Gasteiger partial charge in [-0.2, -0.15) is 0 Å². The molecule has 4 rings (SSSR count). The summed E-state index contributed by atoms with van der Waals surface area (Å²) in [5.74, 6) is 1.82. The summed E-state index contributed by atoms with van der Waals surface area (Å²) in [5.41, 5.74) is 1.60. The van der Waals surface area contributed by atoms with Crippen molar-refractivity contribution in [2.24, 2.45) is 5.92 Å². The minimum atomic E-state index is -0.0876. The van der Waals surface area contributed by atoms with Crippen molar-refractivity contribution < 1.29 is 9.53 Å². The molecule has 2 fully saturated rings. The molecule has 2 saturated heterocycles. The number of hydrogen-bond acceptors (Lipinski definition) is 6. The third-order valence-corrected chi connectivity index (χ3v) is 7.42. The molecule has 168 valence electrons. The van der Waals surface area contributed by atoms with Gasteiger partial charge in [0.05, 0.1) is 18.4 Å². The number of thioether (sulfide) groups is 1. The summed E-state index contributed by atoms with van der Waals surface area (Å²) in [6, 6.07) is 5.51. The first-order valence-corrected chi connectivity index (χ1v) is 12.3. The minimum absolute atomic E-state index is 0.0876. The van der Waals surface area contributed by atoms with Crippen LogP contribution < -0.4 is 10.2 Å². The number of piperidine rings is 1. The number of rotatable bonds is 7. The highest BCUT2D eigenvalue weighted by molar-refractivity contribution is 7.99. The van der Waals surface area contributed by atoms with Gasteiger partial charge >= 0.3 is 0 Å². The smallest absolute Gasteiger partial charge is 0.234 e. The number of carbonyl (C=O) groups is 1. The van der Waals surface area contributed by atoms with E-state index in [9.17, 15) is 4.79 Å². The maximum absolute atomic E-state index is 12.6. The number of nitrogens with one attached hydrogen (secondary N) is 1. The number of nitrogens with zero attached hydrogens (tertiary/aromatic N) is 4. The first kappa shape index (κ1) is 22.4. The van der Waals surface area contributed by atoms with Crippen molar-refractivity contribution in [1.82, 2.24) is 14.8 Å². The summed E-state index contributed by atoms with van der Waals surface area (Å²) in [6.07, 6.45) is 4.65. The van der Waals surface area contributed by atoms with Gasteiger partial charge in [0.1, 0.15) is 0 Å². The van der Waals surface area contributed by atoms with Gasteiger partial charge in [0, 0.05) is 30.4 Å². The lowest BCUT2D eigenvalue weighted by Crippen LogP contribution is -2.35. The molecule has 1 unspecified atom stereocenters. The van der Waals surface area contributed by atoms with Gasteiger partial charge in [-0.3, -0.25) is 9.36 Å². The molecule has 9 heteroatoms. The van der Waals surface area contributed by atoms with Crippen molar-refractivity contribution in [3.63, 3.8) is 0 Å². The van der Waals surface area contributed by atoms with Crippen molar-refractivity contribution in [3.8, 4) is 0 Å². The van der Waals surface area contributed by atoms with E-state index in [1.807, 2.05) is 25.1 Å². The Morgan fingerprint density at radius 2 is 2.10 bits per heavy atom. The third kappa shape index (κ3) is 5.54. The Bertz CT molecular complexity index is 907. The predicted molar refractivity (Wildman–Crippen MR) is 125 cm³/mol. The number of halogens is 1. The summed E-state index contributed by atoms with van der Waals surface area (Å²) in [5, 5.41) is 13.3. The van der Waals surface area contributed by atoms with E-state index in [0.717, 1.165) is 80.2 Å². The molecule has 1 aromatic carbocycles. The van der Waals surface area contributed by atoms with Crippen LogP contribution in [0.25, 0.3) is 0 Å². The Balaban J connectivity index is 1.45. The largest absolute Gasteiger partial charge is 0.376 e. The van der Waals surface area contributed by atoms with Crippen molar-refractivity contribution in [2.45, 2.75) is 57.3 Å². The standard InChI is InChI=1S/C22H30ClN5O2S/c1-15-8-10-27(11-9-15)21-25-26-22(28(21)13-17-5-4-12-30-17)31-14-20(29)24-19-7-3-6-18(23)16(19)2/h3,6-7,15,17H,4-5,8-14H2,1-2H3,(H,24,29). The SMILES string of the molecule is Cc1c(Cl)cccc1NC(=O)CSc1nnc(N2CCC(C)CC2)n1CC1CCCO1. The number of aromatic nitrogens is 3. The zero-order chi connectivity index (χ0) is 21.8. The first-order chi connectivity index (χ1) is 15.0. The molecule has 2 aliphatic rings. The summed E-state index contributed by atoms with van der Waals surface area (Å²) in [4.78, 5) is 14.9. The van der Waals surface area contributed by atoms with Crippen LogP contribution in [-0.2, 0) is 16.1 Å². The molecule has 31 heavy (non-hydrogen) atoms. The topological polar surface area (TPSA) is 72.3 Å². The number of benzene rings is 1. The summed E-state index contributed by atoms with van der Waals surface area (Å²) in [6.45, 7) is 7.72. The van der Waals surface area contributed by atoms with Gasteiger partial charge in [0.2, 0.25) is 11.9 Å². The van der Waals surface area contributed by atoms with Gasteiger partial charge in [0.15, 0.2) is 5.16 Å². The van der Waals surface area contributed by atoms with E-state index in [-0.39, 0.29) is 17.8 Å². The lowest BCUT2D eigenvalue weighted by Gasteiger charge is -2.31. The van der Waals surface area contributed by atoms with Crippen molar-refractivity contribution in [3.05, 3.63) is 28.8 Å². The molecule has 2 aromatic rings. The van der Waals surface area contributed by atoms with E-state index >= 15 is 0 Å². The fourth-order valence-corrected chi connectivity index (χ4v) is 4.96. The minimum Gasteiger partial charge on any atom is -0.376 e. The normalized spacial score (nSPS) is 19.7. The molecular formula is C22H30ClN5O2S. The second kappa shape index (κ2) is 10.2. The number of anilines is 2. The maximum atomic E-state index is 12.6. The molecule has 1 atom stereocenters. The zero-order valence-electron chi connectivity index (χ0n) is 18.1. The van der Waals surface area contributed by atoms with Crippen molar-refractivity contribution in [2.75, 3.05) is 35.7 Å². The summed E-state index contributed by atoms with van der Waals surface area (Å²) < 4.78 is 8.02. The molecule has 2 aliphatic heterocycles. The van der Waals surface area contributed by atoms with E-state index in [2.05, 4.69) is 31.9 Å². The van der Waals surface area contributed by atoms with E-state index in [4.69, 9.17) is 16.3 Å². The molecular weight excluding hydrogens is 434 g/mol. The Kier molecular flexibility index (Phi) is 7.40. The maximum Gasteiger partial charge on any atom is 0.234 e. The molecule has 1 amide bonds. The molecule has 0 radical (unpaired) electrons. The molecule has 0 spiro atoms. The van der Waals surface area contributed by atoms with Crippen LogP contribution in [0, 0.1) is 12.8 Å². The highest BCUT2D eigenvalue weighted by Gasteiger charge is 2.26. The summed E-state index contributed by atoms with van der Waals surface area (Å²) >= 11 is 7.58. The lowest BCUT2D eigenvalue weighted by atomic mass is 10.00. The van der Waals surface area contributed by atoms with Crippen LogP contribution >= 0.6 is 23.4 Å². The van der Waals surface area contributed by atoms with Gasteiger partial charge in [0.25, 0.3) is 0 Å². The molecule has 3 heterocycles. The second-order valence-corrected chi connectivity index (χ2v) is 9.80. The van der Waals surface area contributed by atoms with Gasteiger partial charge in [-0.25, -0.2) is 0 Å². The average Bonchev–Trinajstić information content (AvgIpc) is 3.41. The highest BCUT2D eigenvalue weighted by Crippen LogP contribution is 2.28. The Labute approximate surface area is 192 Å². The molecule has 0 saturated carbocycles. The fourth-order valence-electron chi connectivity index (χ4n) is 4.04. The van der Waals surface area contributed by atoms with Crippen LogP contribution in [0.2, 0.25) is 5.02 Å². The zero-order valence-corrected chi connectivity index (χ0v) is 19.7. The van der Waals surface area contributed by atoms with Crippen LogP contribution in [0.4, 0.5) is 11.6 Å². The van der Waals surface area contributed by atoms with Gasteiger partial charge in [-0.15, -0.1) is 10.2 Å². The first-order valence-electron chi connectivity index (χ1n) is 11.0. The number of ether oxygens (including phenoxy) is 1. The Morgan fingerprint density at radius 1 is 1.29 bits per heavy atom. The van der Waals surface area contributed by atoms with Crippen molar-refractivity contribution in [1.29, 1.82) is 0 Å². The highest BCUT2D eigenvalue weighted by atomic mass is 35.5. The molecule has 0 bridgehead atoms. The Hall–Kier alpha value is -1.77. The van der Waals surface area contributed by atoms with E-state index in [0.29, 0.717) is 5.02 Å². The fraction of sp³-hybridized carbons (Fsp3) is 0.591. The molecule has 1 aromatic heterocycles. The van der Waals surface area contributed by atoms with E-state index in [1.165, 1.54) is 11.8 Å². The molecule has 7 nitrogen and oxygen atoms in total. The quantitative estimate of drug-likeness (QED) is 0.614. The van der Waals surface area contributed by atoms with Crippen LogP contribution in [0.3, 0.4) is 0 Å². The monoisotopic (exact) mass is 463 g/mol. The van der Waals surface area contributed by atoms with E-state index < -0.39 is 0 Å². The summed E-state index contributed by atoms with van der Waals surface area (Å²) in [7, 11) is 0. The third-order valence-electron chi connectivity index (χ3n) is 6.05. The number of hydrogen-bond donors (Lipinski definition) is 1. The molecule has 1 N–H and O–H groups in total. The van der Waals surface area contributed by atoms with Crippen LogP contribution in [0.5, 0.6) is 0 Å². The van der Waals surface area contributed by atoms with Gasteiger partial charge in [-0.05, 0) is 56.2 Å². The van der Waals surface area contributed by atoms with Gasteiger partial charge < -0.3 is 15.0 Å². The number of carbonyl (C=O) groups excluding carboxylic acids is 1. The number of amides is 1. The van der Waals surface area contributed by atoms with Crippen molar-refractivity contribution >= 4 is 40.9 Å².